The van der Waals surface area contributed by atoms with Crippen molar-refractivity contribution in [1.29, 1.82) is 0 Å². The predicted molar refractivity (Wildman–Crippen MR) is 119 cm³/mol. The monoisotopic (exact) mass is 404 g/mol. The van der Waals surface area contributed by atoms with Crippen molar-refractivity contribution in [2.24, 2.45) is 0 Å². The third kappa shape index (κ3) is 4.01. The van der Waals surface area contributed by atoms with E-state index in [1.807, 2.05) is 0 Å². The minimum Gasteiger partial charge on any atom is -0.396 e. The second-order valence-electron chi connectivity index (χ2n) is 8.94. The van der Waals surface area contributed by atoms with Gasteiger partial charge in [0.25, 0.3) is 0 Å². The van der Waals surface area contributed by atoms with Gasteiger partial charge in [0.2, 0.25) is 0 Å². The Morgan fingerprint density at radius 2 is 1.97 bits per heavy atom. The fraction of sp³-hybridized carbons (Fsp3) is 0.520. The molecule has 1 fully saturated rings. The summed E-state index contributed by atoms with van der Waals surface area (Å²) in [5.41, 5.74) is 5.20. The maximum atomic E-state index is 9.23. The molecule has 0 spiro atoms. The van der Waals surface area contributed by atoms with E-state index in [1.165, 1.54) is 59.8 Å². The third-order valence-electron chi connectivity index (χ3n) is 6.82. The molecule has 2 aliphatic rings. The van der Waals surface area contributed by atoms with Gasteiger partial charge < -0.3 is 9.67 Å². The fourth-order valence-corrected chi connectivity index (χ4v) is 5.20. The quantitative estimate of drug-likeness (QED) is 0.661. The lowest BCUT2D eigenvalue weighted by atomic mass is 9.88. The molecule has 1 N–H and O–H groups in total. The number of nitrogens with zero attached hydrogens (tertiary/aromatic N) is 4. The second kappa shape index (κ2) is 8.86. The van der Waals surface area contributed by atoms with Crippen molar-refractivity contribution in [3.05, 3.63) is 59.3 Å². The van der Waals surface area contributed by atoms with Gasteiger partial charge in [-0.15, -0.1) is 0 Å². The summed E-state index contributed by atoms with van der Waals surface area (Å²) in [4.78, 5) is 12.3. The van der Waals surface area contributed by atoms with E-state index < -0.39 is 0 Å². The van der Waals surface area contributed by atoms with Gasteiger partial charge in [0.15, 0.2) is 0 Å². The smallest absolute Gasteiger partial charge is 0.131 e. The minimum atomic E-state index is 0.230. The number of para-hydroxylation sites is 1. The summed E-state index contributed by atoms with van der Waals surface area (Å²) in [5.74, 6) is 1.67. The molecular weight excluding hydrogens is 372 g/mol. The molecule has 3 heterocycles. The fourth-order valence-electron chi connectivity index (χ4n) is 5.20. The van der Waals surface area contributed by atoms with Gasteiger partial charge in [-0.3, -0.25) is 4.90 Å². The molecule has 0 unspecified atom stereocenters. The molecule has 0 amide bonds. The molecule has 1 aromatic carbocycles. The summed E-state index contributed by atoms with van der Waals surface area (Å²) < 4.78 is 2.29. The molecule has 0 radical (unpaired) electrons. The second-order valence-corrected chi connectivity index (χ2v) is 8.94. The zero-order valence-electron chi connectivity index (χ0n) is 17.8. The van der Waals surface area contributed by atoms with Gasteiger partial charge >= 0.3 is 0 Å². The average Bonchev–Trinajstić information content (AvgIpc) is 3.15. The van der Waals surface area contributed by atoms with E-state index in [2.05, 4.69) is 46.1 Å². The minimum absolute atomic E-state index is 0.230. The largest absolute Gasteiger partial charge is 0.396 e. The lowest BCUT2D eigenvalue weighted by Crippen LogP contribution is -2.31. The summed E-state index contributed by atoms with van der Waals surface area (Å²) >= 11 is 0. The summed E-state index contributed by atoms with van der Waals surface area (Å²) in [6.07, 6.45) is 12.7. The van der Waals surface area contributed by atoms with Crippen molar-refractivity contribution in [3.8, 4) is 0 Å². The van der Waals surface area contributed by atoms with Crippen molar-refractivity contribution < 1.29 is 5.11 Å². The molecular formula is C25H32N4O. The normalized spacial score (nSPS) is 18.0. The Labute approximate surface area is 178 Å². The van der Waals surface area contributed by atoms with Gasteiger partial charge in [-0.05, 0) is 30.9 Å². The van der Waals surface area contributed by atoms with Gasteiger partial charge in [-0.25, -0.2) is 9.97 Å². The van der Waals surface area contributed by atoms with Crippen LogP contribution >= 0.6 is 0 Å². The molecule has 5 rings (SSSR count). The molecule has 5 heteroatoms. The maximum absolute atomic E-state index is 9.23. The summed E-state index contributed by atoms with van der Waals surface area (Å²) in [7, 11) is 0. The first kappa shape index (κ1) is 19.7. The van der Waals surface area contributed by atoms with Gasteiger partial charge in [-0.2, -0.15) is 0 Å². The number of benzene rings is 1. The number of aryl methyl sites for hydroxylation is 1. The molecule has 0 bridgehead atoms. The van der Waals surface area contributed by atoms with Crippen LogP contribution in [0.1, 0.15) is 67.1 Å². The lowest BCUT2D eigenvalue weighted by Gasteiger charge is -2.29. The van der Waals surface area contributed by atoms with Crippen molar-refractivity contribution in [2.75, 3.05) is 13.2 Å². The molecule has 2 aromatic heterocycles. The third-order valence-corrected chi connectivity index (χ3v) is 6.82. The highest BCUT2D eigenvalue weighted by Gasteiger charge is 2.23. The zero-order chi connectivity index (χ0) is 20.3. The number of hydrogen-bond acceptors (Lipinski definition) is 4. The van der Waals surface area contributed by atoms with E-state index in [9.17, 15) is 5.11 Å². The number of rotatable bonds is 6. The highest BCUT2D eigenvalue weighted by Crippen LogP contribution is 2.32. The molecule has 5 nitrogen and oxygen atoms in total. The maximum Gasteiger partial charge on any atom is 0.131 e. The van der Waals surface area contributed by atoms with E-state index in [4.69, 9.17) is 9.97 Å². The van der Waals surface area contributed by atoms with Crippen LogP contribution in [0.25, 0.3) is 10.9 Å². The number of fused-ring (bicyclic) bond motifs is 2. The van der Waals surface area contributed by atoms with Gasteiger partial charge in [0.05, 0.1) is 0 Å². The number of hydrogen-bond donors (Lipinski definition) is 1. The number of aliphatic hydroxyl groups is 1. The van der Waals surface area contributed by atoms with Crippen molar-refractivity contribution in [3.63, 3.8) is 0 Å². The van der Waals surface area contributed by atoms with E-state index in [1.54, 1.807) is 0 Å². The summed E-state index contributed by atoms with van der Waals surface area (Å²) in [5, 5.41) is 10.6. The molecule has 1 aliphatic heterocycles. The Morgan fingerprint density at radius 3 is 2.83 bits per heavy atom. The van der Waals surface area contributed by atoms with Crippen LogP contribution in [0, 0.1) is 0 Å². The Bertz CT molecular complexity index is 1010. The van der Waals surface area contributed by atoms with E-state index >= 15 is 0 Å². The van der Waals surface area contributed by atoms with Crippen LogP contribution in [0.4, 0.5) is 0 Å². The number of aromatic nitrogens is 3. The SMILES string of the molecule is OCCCn1cc(CN2CCc3nc(C4CCCCC4)ncc3C2)c2ccccc21. The summed E-state index contributed by atoms with van der Waals surface area (Å²) in [6.45, 7) is 4.00. The molecule has 1 aliphatic carbocycles. The van der Waals surface area contributed by atoms with Crippen LogP contribution in [0.3, 0.4) is 0 Å². The molecule has 0 saturated heterocycles. The topological polar surface area (TPSA) is 54.2 Å². The first-order valence-electron chi connectivity index (χ1n) is 11.6. The first-order chi connectivity index (χ1) is 14.8. The Hall–Kier alpha value is -2.24. The molecule has 1 saturated carbocycles. The van der Waals surface area contributed by atoms with Crippen LogP contribution in [0.2, 0.25) is 0 Å². The van der Waals surface area contributed by atoms with Gasteiger partial charge in [-0.1, -0.05) is 37.5 Å². The van der Waals surface area contributed by atoms with E-state index in [-0.39, 0.29) is 6.61 Å². The lowest BCUT2D eigenvalue weighted by molar-refractivity contribution is 0.242. The highest BCUT2D eigenvalue weighted by molar-refractivity contribution is 5.83. The van der Waals surface area contributed by atoms with Gasteiger partial charge in [0.1, 0.15) is 5.82 Å². The Kier molecular flexibility index (Phi) is 5.82. The first-order valence-corrected chi connectivity index (χ1v) is 11.6. The van der Waals surface area contributed by atoms with Crippen LogP contribution in [0.5, 0.6) is 0 Å². The zero-order valence-corrected chi connectivity index (χ0v) is 17.8. The highest BCUT2D eigenvalue weighted by atomic mass is 16.3. The van der Waals surface area contributed by atoms with Crippen LogP contribution in [-0.4, -0.2) is 37.7 Å². The molecule has 3 aromatic rings. The van der Waals surface area contributed by atoms with Crippen molar-refractivity contribution in [2.45, 2.75) is 70.5 Å². The Morgan fingerprint density at radius 1 is 1.10 bits per heavy atom. The van der Waals surface area contributed by atoms with Crippen molar-refractivity contribution in [1.82, 2.24) is 19.4 Å². The predicted octanol–water partition coefficient (Wildman–Crippen LogP) is 4.42. The molecule has 0 atom stereocenters. The average molecular weight is 405 g/mol. The van der Waals surface area contributed by atoms with Gasteiger partial charge in [0, 0.05) is 79.7 Å². The summed E-state index contributed by atoms with van der Waals surface area (Å²) in [6, 6.07) is 8.62. The van der Waals surface area contributed by atoms with Crippen molar-refractivity contribution >= 4 is 10.9 Å². The van der Waals surface area contributed by atoms with Crippen LogP contribution in [-0.2, 0) is 26.1 Å². The molecule has 158 valence electrons. The Balaban J connectivity index is 1.32. The van der Waals surface area contributed by atoms with E-state index in [0.29, 0.717) is 5.92 Å². The molecule has 30 heavy (non-hydrogen) atoms. The standard InChI is InChI=1S/C25H32N4O/c30-14-6-12-29-18-21(22-9-4-5-10-24(22)29)17-28-13-11-23-20(16-28)15-26-25(27-23)19-7-2-1-3-8-19/h4-5,9-10,15,18-19,30H,1-3,6-8,11-14,16-17H2. The van der Waals surface area contributed by atoms with E-state index in [0.717, 1.165) is 44.8 Å². The number of aliphatic hydroxyl groups excluding tert-OH is 1. The van der Waals surface area contributed by atoms with Crippen LogP contribution in [0.15, 0.2) is 36.7 Å². The van der Waals surface area contributed by atoms with Crippen LogP contribution < -0.4 is 0 Å².